The van der Waals surface area contributed by atoms with Gasteiger partial charge in [-0.25, -0.2) is 0 Å². The Kier molecular flexibility index (Phi) is 6.80. The molecule has 0 bridgehead atoms. The lowest BCUT2D eigenvalue weighted by molar-refractivity contribution is -0.187. The second-order valence-corrected chi connectivity index (χ2v) is 12.9. The van der Waals surface area contributed by atoms with Gasteiger partial charge >= 0.3 is 6.18 Å². The summed E-state index contributed by atoms with van der Waals surface area (Å²) in [7, 11) is 1.92. The molecule has 0 N–H and O–H groups in total. The second kappa shape index (κ2) is 10.4. The maximum absolute atomic E-state index is 13.9. The monoisotopic (exact) mass is 589 g/mol. The Balaban J connectivity index is 1.16. The fourth-order valence-electron chi connectivity index (χ4n) is 7.29. The highest BCUT2D eigenvalue weighted by Gasteiger charge is 2.47. The van der Waals surface area contributed by atoms with Gasteiger partial charge < -0.3 is 9.47 Å². The molecular weight excluding hydrogens is 555 g/mol. The molecule has 7 rings (SSSR count). The van der Waals surface area contributed by atoms with Gasteiger partial charge in [0.2, 0.25) is 0 Å². The average Bonchev–Trinajstić information content (AvgIpc) is 3.66. The largest absolute Gasteiger partial charge is 0.393 e. The third-order valence-corrected chi connectivity index (χ3v) is 9.85. The zero-order valence-electron chi connectivity index (χ0n) is 24.1. The van der Waals surface area contributed by atoms with Crippen LogP contribution in [0.15, 0.2) is 36.7 Å². The second-order valence-electron chi connectivity index (χ2n) is 12.9. The first-order valence-electron chi connectivity index (χ1n) is 15.1. The summed E-state index contributed by atoms with van der Waals surface area (Å²) in [5.74, 6) is -0.292. The minimum atomic E-state index is -4.20. The number of aryl methyl sites for hydroxylation is 1. The summed E-state index contributed by atoms with van der Waals surface area (Å²) >= 11 is 0. The highest BCUT2D eigenvalue weighted by molar-refractivity contribution is 6.10. The summed E-state index contributed by atoms with van der Waals surface area (Å²) in [6, 6.07) is 12.3. The van der Waals surface area contributed by atoms with Crippen molar-refractivity contribution in [3.05, 3.63) is 70.6 Å². The molecule has 2 aromatic heterocycles. The molecular formula is C32H34F3N7O. The lowest BCUT2D eigenvalue weighted by atomic mass is 9.57. The first-order valence-corrected chi connectivity index (χ1v) is 15.1. The summed E-state index contributed by atoms with van der Waals surface area (Å²) in [4.78, 5) is 22.5. The number of carbonyl (C=O) groups excluding carboxylic acids is 1. The van der Waals surface area contributed by atoms with E-state index in [1.165, 1.54) is 0 Å². The van der Waals surface area contributed by atoms with Gasteiger partial charge in [0, 0.05) is 66.3 Å². The van der Waals surface area contributed by atoms with Crippen molar-refractivity contribution < 1.29 is 18.0 Å². The minimum Gasteiger partial charge on any atom is -0.321 e. The van der Waals surface area contributed by atoms with Crippen LogP contribution in [0.4, 0.5) is 18.9 Å². The minimum absolute atomic E-state index is 0.0218. The van der Waals surface area contributed by atoms with Gasteiger partial charge in [-0.2, -0.15) is 18.4 Å². The molecule has 43 heavy (non-hydrogen) atoms. The number of anilines is 1. The van der Waals surface area contributed by atoms with E-state index in [0.29, 0.717) is 49.7 Å². The molecule has 8 nitrogen and oxygen atoms in total. The highest BCUT2D eigenvalue weighted by Crippen LogP contribution is 2.51. The van der Waals surface area contributed by atoms with Crippen LogP contribution in [-0.4, -0.2) is 49.8 Å². The molecule has 1 unspecified atom stereocenters. The number of rotatable bonds is 7. The first-order chi connectivity index (χ1) is 20.6. The number of nitriles is 1. The predicted molar refractivity (Wildman–Crippen MR) is 152 cm³/mol. The number of likely N-dealkylation sites (tertiary alicyclic amines) is 1. The summed E-state index contributed by atoms with van der Waals surface area (Å²) in [6.45, 7) is 1.30. The molecule has 1 saturated heterocycles. The molecule has 2 aliphatic carbocycles. The maximum Gasteiger partial charge on any atom is 0.393 e. The summed E-state index contributed by atoms with van der Waals surface area (Å²) < 4.78 is 42.2. The van der Waals surface area contributed by atoms with E-state index < -0.39 is 12.1 Å². The number of hydrogen-bond acceptors (Lipinski definition) is 6. The van der Waals surface area contributed by atoms with Crippen LogP contribution in [0, 0.1) is 23.2 Å². The van der Waals surface area contributed by atoms with Crippen molar-refractivity contribution in [3.63, 3.8) is 0 Å². The molecule has 1 amide bonds. The van der Waals surface area contributed by atoms with E-state index in [-0.39, 0.29) is 30.2 Å². The van der Waals surface area contributed by atoms with Gasteiger partial charge in [0.15, 0.2) is 0 Å². The molecule has 4 aliphatic rings. The molecule has 1 aromatic carbocycles. The van der Waals surface area contributed by atoms with Gasteiger partial charge in [0.25, 0.3) is 5.91 Å². The molecule has 4 heterocycles. The number of alkyl halides is 3. The van der Waals surface area contributed by atoms with E-state index in [1.807, 2.05) is 34.7 Å². The van der Waals surface area contributed by atoms with Crippen LogP contribution in [0.1, 0.15) is 83.1 Å². The van der Waals surface area contributed by atoms with E-state index in [4.69, 9.17) is 4.98 Å². The zero-order chi connectivity index (χ0) is 29.9. The van der Waals surface area contributed by atoms with Gasteiger partial charge in [-0.1, -0.05) is 12.1 Å². The van der Waals surface area contributed by atoms with Crippen LogP contribution in [0.2, 0.25) is 0 Å². The van der Waals surface area contributed by atoms with Crippen LogP contribution in [-0.2, 0) is 32.0 Å². The fraction of sp³-hybridized carbons (Fsp3) is 0.531. The van der Waals surface area contributed by atoms with Crippen molar-refractivity contribution in [2.75, 3.05) is 18.0 Å². The van der Waals surface area contributed by atoms with Gasteiger partial charge in [-0.05, 0) is 68.8 Å². The molecule has 3 aromatic rings. The van der Waals surface area contributed by atoms with Crippen LogP contribution in [0.5, 0.6) is 0 Å². The zero-order valence-corrected chi connectivity index (χ0v) is 24.1. The van der Waals surface area contributed by atoms with Crippen molar-refractivity contribution in [3.8, 4) is 6.07 Å². The summed E-state index contributed by atoms with van der Waals surface area (Å²) in [5, 5.41) is 17.9. The number of hydrogen-bond donors (Lipinski definition) is 0. The Morgan fingerprint density at radius 2 is 1.98 bits per heavy atom. The lowest BCUT2D eigenvalue weighted by Crippen LogP contribution is -2.43. The van der Waals surface area contributed by atoms with Crippen LogP contribution in [0.25, 0.3) is 0 Å². The Hall–Kier alpha value is -3.78. The van der Waals surface area contributed by atoms with Crippen molar-refractivity contribution in [1.29, 1.82) is 5.26 Å². The highest BCUT2D eigenvalue weighted by atomic mass is 19.4. The fourth-order valence-corrected chi connectivity index (χ4v) is 7.29. The maximum atomic E-state index is 13.9. The molecule has 2 aliphatic heterocycles. The molecule has 0 spiro atoms. The number of halogens is 3. The quantitative estimate of drug-likeness (QED) is 0.365. The van der Waals surface area contributed by atoms with E-state index in [9.17, 15) is 23.2 Å². The van der Waals surface area contributed by atoms with Crippen LogP contribution in [0.3, 0.4) is 0 Å². The molecule has 11 heteroatoms. The normalized spacial score (nSPS) is 25.8. The number of piperidine rings is 1. The Morgan fingerprint density at radius 1 is 1.16 bits per heavy atom. The molecule has 3 fully saturated rings. The number of carbonyl (C=O) groups is 1. The van der Waals surface area contributed by atoms with E-state index in [0.717, 1.165) is 54.0 Å². The average molecular weight is 590 g/mol. The molecule has 2 saturated carbocycles. The van der Waals surface area contributed by atoms with Crippen molar-refractivity contribution in [2.24, 2.45) is 18.9 Å². The molecule has 224 valence electrons. The molecule has 1 atom stereocenters. The predicted octanol–water partition coefficient (Wildman–Crippen LogP) is 5.44. The molecule has 0 radical (unpaired) electrons. The van der Waals surface area contributed by atoms with E-state index in [2.05, 4.69) is 28.4 Å². The van der Waals surface area contributed by atoms with Crippen molar-refractivity contribution in [2.45, 2.75) is 75.5 Å². The number of aromatic nitrogens is 4. The standard InChI is InChI=1S/C32H34F3N7O/c1-40-19-37-39-28(40)14-31(12-20(13-31)15-36)22-4-2-6-25(10-22)42-18-27-26(30(42)43)11-24(38-29(27)21-7-8-21)17-41-9-3-5-23(16-41)32(33,34)35/h2,4,6,10-11,19-21,23H,3,5,7-9,12-14,16-18H2,1H3. The van der Waals surface area contributed by atoms with Crippen molar-refractivity contribution in [1.82, 2.24) is 24.6 Å². The van der Waals surface area contributed by atoms with E-state index in [1.54, 1.807) is 11.2 Å². The Labute approximate surface area is 248 Å². The smallest absolute Gasteiger partial charge is 0.321 e. The van der Waals surface area contributed by atoms with Crippen molar-refractivity contribution >= 4 is 11.6 Å². The number of nitrogens with zero attached hydrogens (tertiary/aromatic N) is 7. The summed E-state index contributed by atoms with van der Waals surface area (Å²) in [6.07, 6.45) is 2.26. The van der Waals surface area contributed by atoms with E-state index >= 15 is 0 Å². The lowest BCUT2D eigenvalue weighted by Gasteiger charge is -2.45. The number of fused-ring (bicyclic) bond motifs is 1. The third kappa shape index (κ3) is 5.20. The first kappa shape index (κ1) is 28.0. The Bertz CT molecular complexity index is 1600. The van der Waals surface area contributed by atoms with Crippen LogP contribution >= 0.6 is 0 Å². The number of amides is 1. The SMILES string of the molecule is Cn1cnnc1CC1(c2cccc(N3Cc4c(cc(CN5CCCC(C(F)(F)F)C5)nc4C4CC4)C3=O)c2)CC(C#N)C1. The van der Waals surface area contributed by atoms with Gasteiger partial charge in [0.1, 0.15) is 12.2 Å². The Morgan fingerprint density at radius 3 is 2.67 bits per heavy atom. The van der Waals surface area contributed by atoms with Gasteiger partial charge in [0.05, 0.1) is 24.2 Å². The summed E-state index contributed by atoms with van der Waals surface area (Å²) in [5.41, 5.74) is 4.77. The number of benzene rings is 1. The number of pyridine rings is 1. The topological polar surface area (TPSA) is 90.9 Å². The van der Waals surface area contributed by atoms with Gasteiger partial charge in [-0.15, -0.1) is 10.2 Å². The third-order valence-electron chi connectivity index (χ3n) is 9.85. The van der Waals surface area contributed by atoms with Crippen LogP contribution < -0.4 is 4.90 Å². The van der Waals surface area contributed by atoms with Gasteiger partial charge in [-0.3, -0.25) is 14.7 Å².